The van der Waals surface area contributed by atoms with Gasteiger partial charge in [0.05, 0.1) is 53.1 Å². The lowest BCUT2D eigenvalue weighted by Crippen LogP contribution is -2.35. The summed E-state index contributed by atoms with van der Waals surface area (Å²) in [4.78, 5) is 28.8. The van der Waals surface area contributed by atoms with Crippen LogP contribution in [0.1, 0.15) is 21.9 Å². The number of hydrogen-bond donors (Lipinski definition) is 2. The summed E-state index contributed by atoms with van der Waals surface area (Å²) in [7, 11) is 1.85. The molecule has 0 saturated carbocycles. The Balaban J connectivity index is 1.31. The number of carbonyl (C=O) groups is 1. The van der Waals surface area contributed by atoms with Crippen molar-refractivity contribution in [3.05, 3.63) is 71.7 Å². The van der Waals surface area contributed by atoms with E-state index in [0.717, 1.165) is 72.0 Å². The predicted molar refractivity (Wildman–Crippen MR) is 139 cm³/mol. The topological polar surface area (TPSA) is 101 Å². The number of amides is 1. The van der Waals surface area contributed by atoms with Crippen molar-refractivity contribution in [3.63, 3.8) is 0 Å². The molecule has 0 spiro atoms. The fourth-order valence-electron chi connectivity index (χ4n) is 4.77. The Morgan fingerprint density at radius 2 is 1.89 bits per heavy atom. The van der Waals surface area contributed by atoms with Gasteiger partial charge in [0.2, 0.25) is 0 Å². The van der Waals surface area contributed by atoms with Crippen molar-refractivity contribution in [2.45, 2.75) is 13.5 Å². The Hall–Kier alpha value is -4.08. The fraction of sp³-hybridized carbons (Fsp3) is 0.259. The van der Waals surface area contributed by atoms with Gasteiger partial charge in [-0.15, -0.1) is 0 Å². The van der Waals surface area contributed by atoms with Crippen LogP contribution in [0.2, 0.25) is 0 Å². The average molecular weight is 482 g/mol. The molecule has 1 aliphatic rings. The van der Waals surface area contributed by atoms with E-state index < -0.39 is 0 Å². The number of benzene rings is 2. The SMILES string of the molecule is Cc1nn(C)c2nc(-c3ccccc3)cc(C(=O)Nc3ccc4nc(CN5CCOCC5)[nH]c4c3)c12. The highest BCUT2D eigenvalue weighted by Crippen LogP contribution is 2.28. The number of nitrogens with one attached hydrogen (secondary N) is 2. The first-order chi connectivity index (χ1) is 17.5. The molecule has 9 heteroatoms. The zero-order chi connectivity index (χ0) is 24.6. The van der Waals surface area contributed by atoms with E-state index in [0.29, 0.717) is 16.9 Å². The molecule has 182 valence electrons. The van der Waals surface area contributed by atoms with Crippen LogP contribution in [-0.2, 0) is 18.3 Å². The maximum Gasteiger partial charge on any atom is 0.256 e. The average Bonchev–Trinajstić information content (AvgIpc) is 3.43. The molecule has 0 unspecified atom stereocenters. The molecule has 0 atom stereocenters. The van der Waals surface area contributed by atoms with E-state index in [9.17, 15) is 4.79 Å². The molecule has 2 aromatic carbocycles. The van der Waals surface area contributed by atoms with E-state index in [1.807, 2.05) is 68.6 Å². The third kappa shape index (κ3) is 4.23. The van der Waals surface area contributed by atoms with Crippen molar-refractivity contribution < 1.29 is 9.53 Å². The van der Waals surface area contributed by atoms with Gasteiger partial charge < -0.3 is 15.0 Å². The van der Waals surface area contributed by atoms with E-state index >= 15 is 0 Å². The van der Waals surface area contributed by atoms with Crippen LogP contribution < -0.4 is 5.32 Å². The van der Waals surface area contributed by atoms with Gasteiger partial charge in [-0.3, -0.25) is 14.4 Å². The van der Waals surface area contributed by atoms with Crippen LogP contribution in [0, 0.1) is 6.92 Å². The monoisotopic (exact) mass is 481 g/mol. The quantitative estimate of drug-likeness (QED) is 0.395. The van der Waals surface area contributed by atoms with Crippen LogP contribution in [0.25, 0.3) is 33.3 Å². The number of aromatic amines is 1. The summed E-state index contributed by atoms with van der Waals surface area (Å²) < 4.78 is 7.15. The summed E-state index contributed by atoms with van der Waals surface area (Å²) in [5.41, 5.74) is 6.11. The minimum Gasteiger partial charge on any atom is -0.379 e. The molecule has 4 heterocycles. The summed E-state index contributed by atoms with van der Waals surface area (Å²) in [6, 6.07) is 17.4. The fourth-order valence-corrected chi connectivity index (χ4v) is 4.77. The van der Waals surface area contributed by atoms with Crippen LogP contribution >= 0.6 is 0 Å². The Morgan fingerprint density at radius 1 is 1.08 bits per heavy atom. The number of imidazole rings is 1. The maximum atomic E-state index is 13.6. The number of nitrogens with zero attached hydrogens (tertiary/aromatic N) is 5. The van der Waals surface area contributed by atoms with Gasteiger partial charge in [-0.25, -0.2) is 9.97 Å². The van der Waals surface area contributed by atoms with Crippen molar-refractivity contribution >= 4 is 33.7 Å². The summed E-state index contributed by atoms with van der Waals surface area (Å²) >= 11 is 0. The number of anilines is 1. The van der Waals surface area contributed by atoms with E-state index in [1.54, 1.807) is 4.68 Å². The van der Waals surface area contributed by atoms with Gasteiger partial charge in [-0.05, 0) is 31.2 Å². The number of pyridine rings is 1. The third-order valence-electron chi connectivity index (χ3n) is 6.55. The molecule has 2 N–H and O–H groups in total. The predicted octanol–water partition coefficient (Wildman–Crippen LogP) is 3.90. The minimum atomic E-state index is -0.205. The van der Waals surface area contributed by atoms with Crippen molar-refractivity contribution in [1.82, 2.24) is 29.6 Å². The number of rotatable bonds is 5. The van der Waals surface area contributed by atoms with Gasteiger partial charge in [0.25, 0.3) is 5.91 Å². The molecule has 1 aliphatic heterocycles. The standard InChI is InChI=1S/C27H27N7O2/c1-17-25-20(15-22(18-6-4-3-5-7-18)31-26(25)33(2)32-17)27(35)28-19-8-9-21-23(14-19)30-24(29-21)16-34-10-12-36-13-11-34/h3-9,14-15H,10-13,16H2,1-2H3,(H,28,35)(H,29,30). The van der Waals surface area contributed by atoms with Crippen LogP contribution in [-0.4, -0.2) is 61.8 Å². The summed E-state index contributed by atoms with van der Waals surface area (Å²) in [5, 5.41) is 8.34. The molecule has 9 nitrogen and oxygen atoms in total. The molecule has 1 saturated heterocycles. The minimum absolute atomic E-state index is 0.205. The molecule has 1 amide bonds. The van der Waals surface area contributed by atoms with Crippen LogP contribution in [0.4, 0.5) is 5.69 Å². The Bertz CT molecular complexity index is 1570. The van der Waals surface area contributed by atoms with E-state index in [1.165, 1.54) is 0 Å². The van der Waals surface area contributed by atoms with Crippen LogP contribution in [0.5, 0.6) is 0 Å². The molecule has 0 bridgehead atoms. The number of morpholine rings is 1. The van der Waals surface area contributed by atoms with E-state index in [-0.39, 0.29) is 5.91 Å². The maximum absolute atomic E-state index is 13.6. The summed E-state index contributed by atoms with van der Waals surface area (Å²) in [5.74, 6) is 0.702. The van der Waals surface area contributed by atoms with Crippen LogP contribution in [0.15, 0.2) is 54.6 Å². The largest absolute Gasteiger partial charge is 0.379 e. The second kappa shape index (κ2) is 9.18. The second-order valence-electron chi connectivity index (χ2n) is 9.09. The molecule has 5 aromatic rings. The number of aromatic nitrogens is 5. The lowest BCUT2D eigenvalue weighted by Gasteiger charge is -2.25. The van der Waals surface area contributed by atoms with Gasteiger partial charge in [0.15, 0.2) is 5.65 Å². The van der Waals surface area contributed by atoms with Gasteiger partial charge >= 0.3 is 0 Å². The lowest BCUT2D eigenvalue weighted by molar-refractivity contribution is 0.0332. The Kier molecular flexibility index (Phi) is 5.71. The first kappa shape index (κ1) is 22.4. The number of hydrogen-bond acceptors (Lipinski definition) is 6. The van der Waals surface area contributed by atoms with Gasteiger partial charge in [-0.2, -0.15) is 5.10 Å². The number of carbonyl (C=O) groups excluding carboxylic acids is 1. The van der Waals surface area contributed by atoms with Gasteiger partial charge in [0.1, 0.15) is 5.82 Å². The highest BCUT2D eigenvalue weighted by Gasteiger charge is 2.20. The second-order valence-corrected chi connectivity index (χ2v) is 9.09. The smallest absolute Gasteiger partial charge is 0.256 e. The zero-order valence-electron chi connectivity index (χ0n) is 20.3. The number of aryl methyl sites for hydroxylation is 2. The number of fused-ring (bicyclic) bond motifs is 2. The molecule has 6 rings (SSSR count). The number of ether oxygens (including phenoxy) is 1. The lowest BCUT2D eigenvalue weighted by atomic mass is 10.0. The first-order valence-electron chi connectivity index (χ1n) is 12.0. The van der Waals surface area contributed by atoms with Crippen molar-refractivity contribution in [3.8, 4) is 11.3 Å². The molecule has 0 aliphatic carbocycles. The normalized spacial score (nSPS) is 14.5. The molecular formula is C27H27N7O2. The van der Waals surface area contributed by atoms with Gasteiger partial charge in [-0.1, -0.05) is 30.3 Å². The summed E-state index contributed by atoms with van der Waals surface area (Å²) in [6.45, 7) is 5.95. The third-order valence-corrected chi connectivity index (χ3v) is 6.55. The molecule has 1 fully saturated rings. The highest BCUT2D eigenvalue weighted by molar-refractivity contribution is 6.13. The number of H-pyrrole nitrogens is 1. The first-order valence-corrected chi connectivity index (χ1v) is 12.0. The molecular weight excluding hydrogens is 454 g/mol. The Labute approximate surface area is 208 Å². The summed E-state index contributed by atoms with van der Waals surface area (Å²) in [6.07, 6.45) is 0. The van der Waals surface area contributed by atoms with Crippen molar-refractivity contribution in [2.24, 2.45) is 7.05 Å². The van der Waals surface area contributed by atoms with E-state index in [4.69, 9.17) is 14.7 Å². The zero-order valence-corrected chi connectivity index (χ0v) is 20.3. The highest BCUT2D eigenvalue weighted by atomic mass is 16.5. The molecule has 3 aromatic heterocycles. The van der Waals surface area contributed by atoms with E-state index in [2.05, 4.69) is 20.3 Å². The van der Waals surface area contributed by atoms with Crippen molar-refractivity contribution in [1.29, 1.82) is 0 Å². The van der Waals surface area contributed by atoms with Gasteiger partial charge in [0, 0.05) is 31.4 Å². The van der Waals surface area contributed by atoms with Crippen LogP contribution in [0.3, 0.4) is 0 Å². The van der Waals surface area contributed by atoms with Crippen molar-refractivity contribution in [2.75, 3.05) is 31.6 Å². The Morgan fingerprint density at radius 3 is 2.69 bits per heavy atom. The molecule has 0 radical (unpaired) electrons. The molecule has 36 heavy (non-hydrogen) atoms.